The molecule has 0 radical (unpaired) electrons. The first-order chi connectivity index (χ1) is 19.5. The molecular weight excluding hydrogens is 585 g/mol. The van der Waals surface area contributed by atoms with E-state index in [0.717, 1.165) is 11.8 Å². The minimum Gasteiger partial charge on any atom is -0.495 e. The topological polar surface area (TPSA) is 96.0 Å². The van der Waals surface area contributed by atoms with Crippen LogP contribution in [-0.2, 0) is 32.6 Å². The first-order valence-electron chi connectivity index (χ1n) is 13.2. The second kappa shape index (κ2) is 15.1. The molecule has 41 heavy (non-hydrogen) atoms. The molecule has 0 aromatic heterocycles. The maximum Gasteiger partial charge on any atom is 0.243 e. The monoisotopic (exact) mass is 619 g/mol. The molecule has 3 aromatic rings. The summed E-state index contributed by atoms with van der Waals surface area (Å²) in [6.45, 7) is 2.34. The van der Waals surface area contributed by atoms with E-state index in [2.05, 4.69) is 5.32 Å². The van der Waals surface area contributed by atoms with Crippen molar-refractivity contribution in [3.63, 3.8) is 0 Å². The van der Waals surface area contributed by atoms with Crippen molar-refractivity contribution in [3.8, 4) is 5.75 Å². The number of carbonyl (C=O) groups excluding carboxylic acids is 2. The van der Waals surface area contributed by atoms with Gasteiger partial charge >= 0.3 is 0 Å². The number of nitrogens with zero attached hydrogens (tertiary/aromatic N) is 2. The van der Waals surface area contributed by atoms with Gasteiger partial charge in [-0.3, -0.25) is 13.9 Å². The van der Waals surface area contributed by atoms with Gasteiger partial charge in [-0.2, -0.15) is 0 Å². The highest BCUT2D eigenvalue weighted by Crippen LogP contribution is 2.30. The number of nitrogens with one attached hydrogen (secondary N) is 1. The van der Waals surface area contributed by atoms with Gasteiger partial charge in [0, 0.05) is 42.5 Å². The van der Waals surface area contributed by atoms with Crippen molar-refractivity contribution in [1.82, 2.24) is 10.2 Å². The number of methoxy groups -OCH3 is 1. The third-order valence-electron chi connectivity index (χ3n) is 6.48. The smallest absolute Gasteiger partial charge is 0.243 e. The lowest BCUT2D eigenvalue weighted by atomic mass is 10.0. The molecule has 0 aliphatic heterocycles. The molecule has 0 aliphatic carbocycles. The maximum absolute atomic E-state index is 13.8. The van der Waals surface area contributed by atoms with Crippen LogP contribution in [0, 0.1) is 0 Å². The van der Waals surface area contributed by atoms with Crippen molar-refractivity contribution in [2.75, 3.05) is 30.8 Å². The van der Waals surface area contributed by atoms with Crippen LogP contribution in [0.15, 0.2) is 72.8 Å². The summed E-state index contributed by atoms with van der Waals surface area (Å²) in [6, 6.07) is 20.4. The van der Waals surface area contributed by atoms with Crippen LogP contribution >= 0.6 is 23.2 Å². The molecule has 2 amide bonds. The molecule has 0 fully saturated rings. The predicted octanol–water partition coefficient (Wildman–Crippen LogP) is 5.32. The second-order valence-electron chi connectivity index (χ2n) is 9.47. The first kappa shape index (κ1) is 32.2. The van der Waals surface area contributed by atoms with Crippen LogP contribution in [0.25, 0.3) is 0 Å². The third kappa shape index (κ3) is 9.11. The predicted molar refractivity (Wildman–Crippen MR) is 164 cm³/mol. The number of hydrogen-bond donors (Lipinski definition) is 1. The number of halogens is 2. The molecule has 3 aromatic carbocycles. The fourth-order valence-corrected chi connectivity index (χ4v) is 5.93. The molecule has 1 atom stereocenters. The van der Waals surface area contributed by atoms with Crippen molar-refractivity contribution < 1.29 is 22.7 Å². The SMILES string of the molecule is CCNC(=O)C(Cc1ccccc1)N(Cc1ccc(Cl)cc1Cl)C(=O)CCCN(c1ccccc1OC)S(C)(=O)=O. The van der Waals surface area contributed by atoms with Crippen LogP contribution in [0.2, 0.25) is 10.0 Å². The Morgan fingerprint density at radius 2 is 1.68 bits per heavy atom. The van der Waals surface area contributed by atoms with Crippen LogP contribution in [0.4, 0.5) is 5.69 Å². The number of anilines is 1. The van der Waals surface area contributed by atoms with E-state index in [-0.39, 0.29) is 37.7 Å². The zero-order chi connectivity index (χ0) is 30.0. The van der Waals surface area contributed by atoms with Crippen LogP contribution in [0.1, 0.15) is 30.9 Å². The number of benzene rings is 3. The highest BCUT2D eigenvalue weighted by atomic mass is 35.5. The fourth-order valence-electron chi connectivity index (χ4n) is 4.50. The van der Waals surface area contributed by atoms with Gasteiger partial charge in [0.05, 0.1) is 19.1 Å². The standard InChI is InChI=1S/C30H35Cl2N3O5S/c1-4-33-30(37)27(19-22-11-6-5-7-12-22)34(21-23-16-17-24(31)20-25(23)32)29(36)15-10-18-35(41(3,38)39)26-13-8-9-14-28(26)40-2/h5-9,11-14,16-17,20,27H,4,10,15,18-19,21H2,1-3H3,(H,33,37). The third-order valence-corrected chi connectivity index (χ3v) is 8.25. The lowest BCUT2D eigenvalue weighted by Crippen LogP contribution is -2.50. The van der Waals surface area contributed by atoms with E-state index in [4.69, 9.17) is 27.9 Å². The molecule has 0 spiro atoms. The molecular formula is C30H35Cl2N3O5S. The molecule has 0 saturated carbocycles. The average Bonchev–Trinajstić information content (AvgIpc) is 2.94. The van der Waals surface area contributed by atoms with Crippen LogP contribution < -0.4 is 14.4 Å². The number of amides is 2. The molecule has 220 valence electrons. The number of para-hydroxylation sites is 2. The van der Waals surface area contributed by atoms with E-state index in [0.29, 0.717) is 40.0 Å². The number of likely N-dealkylation sites (N-methyl/N-ethyl adjacent to an activating group) is 1. The molecule has 3 rings (SSSR count). The summed E-state index contributed by atoms with van der Waals surface area (Å²) in [5.74, 6) is -0.194. The van der Waals surface area contributed by atoms with Gasteiger partial charge in [0.15, 0.2) is 0 Å². The second-order valence-corrected chi connectivity index (χ2v) is 12.2. The van der Waals surface area contributed by atoms with Gasteiger partial charge in [-0.15, -0.1) is 0 Å². The lowest BCUT2D eigenvalue weighted by Gasteiger charge is -2.32. The summed E-state index contributed by atoms with van der Waals surface area (Å²) in [6.07, 6.45) is 1.61. The van der Waals surface area contributed by atoms with Gasteiger partial charge in [-0.25, -0.2) is 8.42 Å². The Hall–Kier alpha value is -3.27. The highest BCUT2D eigenvalue weighted by Gasteiger charge is 2.31. The molecule has 0 aliphatic rings. The maximum atomic E-state index is 13.8. The van der Waals surface area contributed by atoms with Crippen molar-refractivity contribution >= 4 is 50.7 Å². The van der Waals surface area contributed by atoms with Crippen LogP contribution in [0.3, 0.4) is 0 Å². The van der Waals surface area contributed by atoms with Gasteiger partial charge in [-0.1, -0.05) is 71.7 Å². The van der Waals surface area contributed by atoms with Crippen molar-refractivity contribution in [3.05, 3.63) is 94.0 Å². The molecule has 1 unspecified atom stereocenters. The minimum absolute atomic E-state index is 0.00290. The summed E-state index contributed by atoms with van der Waals surface area (Å²) in [5, 5.41) is 3.69. The Kier molecular flexibility index (Phi) is 11.9. The zero-order valence-electron chi connectivity index (χ0n) is 23.3. The van der Waals surface area contributed by atoms with Gasteiger partial charge in [-0.05, 0) is 48.7 Å². The van der Waals surface area contributed by atoms with E-state index in [1.54, 1.807) is 42.5 Å². The van der Waals surface area contributed by atoms with E-state index < -0.39 is 16.1 Å². The Balaban J connectivity index is 1.90. The van der Waals surface area contributed by atoms with Gasteiger partial charge in [0.1, 0.15) is 11.8 Å². The zero-order valence-corrected chi connectivity index (χ0v) is 25.7. The van der Waals surface area contributed by atoms with Crippen molar-refractivity contribution in [2.24, 2.45) is 0 Å². The van der Waals surface area contributed by atoms with Crippen molar-refractivity contribution in [1.29, 1.82) is 0 Å². The van der Waals surface area contributed by atoms with E-state index in [1.807, 2.05) is 37.3 Å². The highest BCUT2D eigenvalue weighted by molar-refractivity contribution is 7.92. The van der Waals surface area contributed by atoms with Gasteiger partial charge in [0.2, 0.25) is 21.8 Å². The Morgan fingerprint density at radius 1 is 1.00 bits per heavy atom. The summed E-state index contributed by atoms with van der Waals surface area (Å²) < 4.78 is 32.0. The molecule has 0 heterocycles. The molecule has 1 N–H and O–H groups in total. The van der Waals surface area contributed by atoms with E-state index in [9.17, 15) is 18.0 Å². The lowest BCUT2D eigenvalue weighted by molar-refractivity contribution is -0.141. The van der Waals surface area contributed by atoms with Crippen molar-refractivity contribution in [2.45, 2.75) is 38.8 Å². The summed E-state index contributed by atoms with van der Waals surface area (Å²) in [5.41, 5.74) is 1.92. The number of ether oxygens (including phenoxy) is 1. The summed E-state index contributed by atoms with van der Waals surface area (Å²) in [7, 11) is -2.20. The van der Waals surface area contributed by atoms with Gasteiger partial charge in [0.25, 0.3) is 0 Å². The first-order valence-corrected chi connectivity index (χ1v) is 15.8. The molecule has 11 heteroatoms. The summed E-state index contributed by atoms with van der Waals surface area (Å²) in [4.78, 5) is 28.7. The Bertz CT molecular complexity index is 1440. The van der Waals surface area contributed by atoms with E-state index in [1.165, 1.54) is 16.3 Å². The van der Waals surface area contributed by atoms with Gasteiger partial charge < -0.3 is 15.0 Å². The molecule has 0 saturated heterocycles. The number of hydrogen-bond acceptors (Lipinski definition) is 5. The summed E-state index contributed by atoms with van der Waals surface area (Å²) >= 11 is 12.6. The minimum atomic E-state index is -3.67. The Labute approximate surface area is 252 Å². The average molecular weight is 621 g/mol. The normalized spacial score (nSPS) is 11.9. The van der Waals surface area contributed by atoms with Crippen LogP contribution in [-0.4, -0.2) is 57.6 Å². The fraction of sp³-hybridized carbons (Fsp3) is 0.333. The quantitative estimate of drug-likeness (QED) is 0.263. The largest absolute Gasteiger partial charge is 0.495 e. The van der Waals surface area contributed by atoms with E-state index >= 15 is 0 Å². The Morgan fingerprint density at radius 3 is 2.32 bits per heavy atom. The number of carbonyl (C=O) groups is 2. The van der Waals surface area contributed by atoms with Crippen LogP contribution in [0.5, 0.6) is 5.75 Å². The number of rotatable bonds is 14. The number of sulfonamides is 1. The molecule has 8 nitrogen and oxygen atoms in total. The molecule has 0 bridgehead atoms.